The average Bonchev–Trinajstić information content (AvgIpc) is 3.08. The Labute approximate surface area is 164 Å². The molecule has 1 aromatic heterocycles. The number of benzene rings is 2. The van der Waals surface area contributed by atoms with Crippen molar-refractivity contribution in [3.05, 3.63) is 65.1 Å². The lowest BCUT2D eigenvalue weighted by Crippen LogP contribution is -2.15. The predicted molar refractivity (Wildman–Crippen MR) is 108 cm³/mol. The topological polar surface area (TPSA) is 64.0 Å². The van der Waals surface area contributed by atoms with Gasteiger partial charge in [-0.05, 0) is 43.5 Å². The van der Waals surface area contributed by atoms with Crippen LogP contribution >= 0.6 is 11.6 Å². The van der Waals surface area contributed by atoms with Gasteiger partial charge in [0.1, 0.15) is 5.82 Å². The molecule has 7 heteroatoms. The minimum Gasteiger partial charge on any atom is -0.334 e. The molecule has 0 bridgehead atoms. The highest BCUT2D eigenvalue weighted by molar-refractivity contribution is 7.92. The number of hydrogen-bond donors (Lipinski definition) is 1. The van der Waals surface area contributed by atoms with Crippen molar-refractivity contribution in [2.75, 3.05) is 4.72 Å². The zero-order valence-corrected chi connectivity index (χ0v) is 16.5. The standard InChI is InChI=1S/C20H20ClN3O2S/c1-14-16(21)8-6-10-19(14)27(25,26)23-17-9-3-2-7-15(17)18-13-24-12-5-4-11-20(24)22-18/h2-3,6-10,13,23H,4-5,11-12H2,1H3. The van der Waals surface area contributed by atoms with E-state index in [4.69, 9.17) is 16.6 Å². The zero-order valence-electron chi connectivity index (χ0n) is 14.9. The van der Waals surface area contributed by atoms with Gasteiger partial charge in [0.15, 0.2) is 0 Å². The molecule has 0 saturated carbocycles. The fraction of sp³-hybridized carbons (Fsp3) is 0.250. The summed E-state index contributed by atoms with van der Waals surface area (Å²) in [4.78, 5) is 4.90. The van der Waals surface area contributed by atoms with Gasteiger partial charge >= 0.3 is 0 Å². The lowest BCUT2D eigenvalue weighted by atomic mass is 10.1. The van der Waals surface area contributed by atoms with E-state index in [2.05, 4.69) is 9.29 Å². The molecule has 1 N–H and O–H groups in total. The number of hydrogen-bond acceptors (Lipinski definition) is 3. The highest BCUT2D eigenvalue weighted by Gasteiger charge is 2.21. The molecule has 5 nitrogen and oxygen atoms in total. The van der Waals surface area contributed by atoms with Crippen LogP contribution in [0.15, 0.2) is 53.6 Å². The number of sulfonamides is 1. The summed E-state index contributed by atoms with van der Waals surface area (Å²) in [7, 11) is -3.77. The van der Waals surface area contributed by atoms with Gasteiger partial charge in [-0.3, -0.25) is 4.72 Å². The number of aryl methyl sites for hydroxylation is 2. The predicted octanol–water partition coefficient (Wildman–Crippen LogP) is 4.65. The van der Waals surface area contributed by atoms with Crippen LogP contribution < -0.4 is 4.72 Å². The van der Waals surface area contributed by atoms with E-state index in [1.54, 1.807) is 31.2 Å². The van der Waals surface area contributed by atoms with Crippen LogP contribution in [0.1, 0.15) is 24.2 Å². The molecule has 3 aromatic rings. The zero-order chi connectivity index (χ0) is 19.0. The fourth-order valence-electron chi connectivity index (χ4n) is 3.42. The molecule has 2 aromatic carbocycles. The first-order valence-corrected chi connectivity index (χ1v) is 10.8. The van der Waals surface area contributed by atoms with Crippen molar-refractivity contribution in [3.63, 3.8) is 0 Å². The van der Waals surface area contributed by atoms with Crippen molar-refractivity contribution in [2.24, 2.45) is 0 Å². The highest BCUT2D eigenvalue weighted by atomic mass is 35.5. The number of anilines is 1. The smallest absolute Gasteiger partial charge is 0.262 e. The van der Waals surface area contributed by atoms with Crippen molar-refractivity contribution in [3.8, 4) is 11.3 Å². The van der Waals surface area contributed by atoms with Crippen LogP contribution in [0, 0.1) is 6.92 Å². The van der Waals surface area contributed by atoms with E-state index in [9.17, 15) is 8.42 Å². The number of imidazole rings is 1. The van der Waals surface area contributed by atoms with Crippen molar-refractivity contribution in [2.45, 2.75) is 37.6 Å². The second-order valence-electron chi connectivity index (χ2n) is 6.71. The summed E-state index contributed by atoms with van der Waals surface area (Å²) in [6.45, 7) is 2.66. The molecule has 0 fully saturated rings. The van der Waals surface area contributed by atoms with E-state index in [0.29, 0.717) is 16.3 Å². The number of aromatic nitrogens is 2. The second-order valence-corrected chi connectivity index (χ2v) is 8.76. The van der Waals surface area contributed by atoms with Crippen LogP contribution in [0.25, 0.3) is 11.3 Å². The van der Waals surface area contributed by atoms with Gasteiger partial charge in [0.05, 0.1) is 16.3 Å². The van der Waals surface area contributed by atoms with Gasteiger partial charge in [0.25, 0.3) is 10.0 Å². The van der Waals surface area contributed by atoms with Crippen LogP contribution in [-0.4, -0.2) is 18.0 Å². The van der Waals surface area contributed by atoms with Gasteiger partial charge in [0.2, 0.25) is 0 Å². The number of para-hydroxylation sites is 1. The molecule has 27 heavy (non-hydrogen) atoms. The number of nitrogens with one attached hydrogen (secondary N) is 1. The Kier molecular flexibility index (Phi) is 4.70. The van der Waals surface area contributed by atoms with Gasteiger partial charge in [-0.2, -0.15) is 0 Å². The van der Waals surface area contributed by atoms with Gasteiger partial charge in [-0.15, -0.1) is 0 Å². The monoisotopic (exact) mass is 401 g/mol. The lowest BCUT2D eigenvalue weighted by Gasteiger charge is -2.13. The van der Waals surface area contributed by atoms with Gasteiger partial charge in [-0.25, -0.2) is 13.4 Å². The summed E-state index contributed by atoms with van der Waals surface area (Å²) >= 11 is 6.10. The van der Waals surface area contributed by atoms with Gasteiger partial charge in [0, 0.05) is 29.7 Å². The summed E-state index contributed by atoms with van der Waals surface area (Å²) < 4.78 is 30.8. The Morgan fingerprint density at radius 3 is 2.74 bits per heavy atom. The summed E-state index contributed by atoms with van der Waals surface area (Å²) in [5.41, 5.74) is 2.59. The Morgan fingerprint density at radius 2 is 1.93 bits per heavy atom. The van der Waals surface area contributed by atoms with Crippen LogP contribution in [0.4, 0.5) is 5.69 Å². The Morgan fingerprint density at radius 1 is 1.11 bits per heavy atom. The Balaban J connectivity index is 1.73. The molecule has 0 spiro atoms. The van der Waals surface area contributed by atoms with E-state index in [-0.39, 0.29) is 4.90 Å². The maximum Gasteiger partial charge on any atom is 0.262 e. The highest BCUT2D eigenvalue weighted by Crippen LogP contribution is 2.31. The van der Waals surface area contributed by atoms with Crippen LogP contribution in [0.3, 0.4) is 0 Å². The third-order valence-electron chi connectivity index (χ3n) is 4.86. The molecule has 0 radical (unpaired) electrons. The quantitative estimate of drug-likeness (QED) is 0.692. The molecule has 140 valence electrons. The largest absolute Gasteiger partial charge is 0.334 e. The molecule has 1 aliphatic heterocycles. The lowest BCUT2D eigenvalue weighted by molar-refractivity contribution is 0.522. The molecule has 0 unspecified atom stereocenters. The number of halogens is 1. The minimum absolute atomic E-state index is 0.175. The van der Waals surface area contributed by atoms with Crippen LogP contribution in [0.2, 0.25) is 5.02 Å². The SMILES string of the molecule is Cc1c(Cl)cccc1S(=O)(=O)Nc1ccccc1-c1cn2c(n1)CCCC2. The number of nitrogens with zero attached hydrogens (tertiary/aromatic N) is 2. The molecular weight excluding hydrogens is 382 g/mol. The first-order chi connectivity index (χ1) is 13.0. The Hall–Kier alpha value is -2.31. The van der Waals surface area contributed by atoms with E-state index in [0.717, 1.165) is 42.9 Å². The number of fused-ring (bicyclic) bond motifs is 1. The minimum atomic E-state index is -3.77. The van der Waals surface area contributed by atoms with Crippen molar-refractivity contribution in [1.29, 1.82) is 0 Å². The third-order valence-corrected chi connectivity index (χ3v) is 6.78. The fourth-order valence-corrected chi connectivity index (χ4v) is 5.00. The van der Waals surface area contributed by atoms with Crippen LogP contribution in [-0.2, 0) is 23.0 Å². The second kappa shape index (κ2) is 7.02. The van der Waals surface area contributed by atoms with E-state index in [1.165, 1.54) is 0 Å². The van der Waals surface area contributed by atoms with Gasteiger partial charge in [-0.1, -0.05) is 35.9 Å². The van der Waals surface area contributed by atoms with E-state index < -0.39 is 10.0 Å². The molecule has 0 saturated heterocycles. The Bertz CT molecular complexity index is 1080. The summed E-state index contributed by atoms with van der Waals surface area (Å²) in [6.07, 6.45) is 5.24. The van der Waals surface area contributed by atoms with Gasteiger partial charge < -0.3 is 4.57 Å². The summed E-state index contributed by atoms with van der Waals surface area (Å²) in [5, 5.41) is 0.424. The first-order valence-electron chi connectivity index (χ1n) is 8.89. The number of rotatable bonds is 4. The van der Waals surface area contributed by atoms with Crippen molar-refractivity contribution in [1.82, 2.24) is 9.55 Å². The molecule has 0 atom stereocenters. The maximum absolute atomic E-state index is 13.0. The maximum atomic E-state index is 13.0. The molecule has 0 amide bonds. The van der Waals surface area contributed by atoms with Crippen molar-refractivity contribution >= 4 is 27.3 Å². The molecule has 2 heterocycles. The van der Waals surface area contributed by atoms with E-state index in [1.807, 2.05) is 24.4 Å². The summed E-state index contributed by atoms with van der Waals surface area (Å²) in [5.74, 6) is 1.06. The first kappa shape index (κ1) is 18.1. The third kappa shape index (κ3) is 3.47. The molecule has 4 rings (SSSR count). The molecule has 0 aliphatic carbocycles. The normalized spacial score (nSPS) is 14.0. The van der Waals surface area contributed by atoms with Crippen molar-refractivity contribution < 1.29 is 8.42 Å². The summed E-state index contributed by atoms with van der Waals surface area (Å²) in [6, 6.07) is 12.2. The van der Waals surface area contributed by atoms with E-state index >= 15 is 0 Å². The molecule has 1 aliphatic rings. The van der Waals surface area contributed by atoms with Crippen LogP contribution in [0.5, 0.6) is 0 Å². The average molecular weight is 402 g/mol. The molecular formula is C20H20ClN3O2S.